The zero-order valence-corrected chi connectivity index (χ0v) is 12.8. The highest BCUT2D eigenvalue weighted by Crippen LogP contribution is 2.27. The molecule has 0 saturated heterocycles. The zero-order chi connectivity index (χ0) is 15.2. The van der Waals surface area contributed by atoms with E-state index in [4.69, 9.17) is 10.00 Å². The Morgan fingerprint density at radius 3 is 2.71 bits per heavy atom. The van der Waals surface area contributed by atoms with E-state index in [2.05, 4.69) is 22.8 Å². The van der Waals surface area contributed by atoms with Crippen molar-refractivity contribution in [1.82, 2.24) is 14.8 Å². The van der Waals surface area contributed by atoms with Gasteiger partial charge in [0.25, 0.3) is 0 Å². The van der Waals surface area contributed by atoms with E-state index < -0.39 is 0 Å². The van der Waals surface area contributed by atoms with Crippen LogP contribution in [0.15, 0.2) is 42.1 Å². The number of benzene rings is 1. The summed E-state index contributed by atoms with van der Waals surface area (Å²) < 4.78 is 7.11. The Labute approximate surface area is 128 Å². The summed E-state index contributed by atoms with van der Waals surface area (Å²) in [5, 5.41) is 17.9. The lowest BCUT2D eigenvalue weighted by Crippen LogP contribution is -2.02. The van der Waals surface area contributed by atoms with E-state index in [9.17, 15) is 0 Å². The van der Waals surface area contributed by atoms with Gasteiger partial charge < -0.3 is 4.74 Å². The topological polar surface area (TPSA) is 63.7 Å². The van der Waals surface area contributed by atoms with Crippen LogP contribution in [0, 0.1) is 11.3 Å². The van der Waals surface area contributed by atoms with Crippen LogP contribution >= 0.6 is 11.8 Å². The van der Waals surface area contributed by atoms with Crippen LogP contribution in [0.1, 0.15) is 6.92 Å². The molecule has 5 nitrogen and oxygen atoms in total. The molecule has 0 aliphatic heterocycles. The Bertz CT molecular complexity index is 657. The van der Waals surface area contributed by atoms with Gasteiger partial charge in [0.1, 0.15) is 5.75 Å². The van der Waals surface area contributed by atoms with Crippen molar-refractivity contribution < 1.29 is 4.74 Å². The van der Waals surface area contributed by atoms with E-state index in [1.807, 2.05) is 35.8 Å². The van der Waals surface area contributed by atoms with Crippen molar-refractivity contribution in [2.24, 2.45) is 0 Å². The summed E-state index contributed by atoms with van der Waals surface area (Å²) in [6, 6.07) is 9.82. The van der Waals surface area contributed by atoms with Gasteiger partial charge in [-0.2, -0.15) is 5.26 Å². The number of ether oxygens (including phenoxy) is 1. The van der Waals surface area contributed by atoms with E-state index in [1.54, 1.807) is 13.2 Å². The average Bonchev–Trinajstić information content (AvgIpc) is 2.90. The molecule has 0 N–H and O–H groups in total. The fourth-order valence-electron chi connectivity index (χ4n) is 1.81. The predicted octanol–water partition coefficient (Wildman–Crippen LogP) is 3.14. The normalized spacial score (nSPS) is 11.7. The Kier molecular flexibility index (Phi) is 5.01. The Balaban J connectivity index is 2.38. The Hall–Kier alpha value is -2.26. The third-order valence-electron chi connectivity index (χ3n) is 2.84. The molecule has 0 fully saturated rings. The number of hydrogen-bond acceptors (Lipinski definition) is 5. The lowest BCUT2D eigenvalue weighted by Gasteiger charge is -2.08. The van der Waals surface area contributed by atoms with E-state index in [0.717, 1.165) is 22.3 Å². The molecule has 108 valence electrons. The number of hydrogen-bond donors (Lipinski definition) is 0. The van der Waals surface area contributed by atoms with Gasteiger partial charge in [0.05, 0.1) is 18.4 Å². The van der Waals surface area contributed by atoms with Crippen molar-refractivity contribution in [2.45, 2.75) is 23.9 Å². The number of thioether (sulfide) groups is 1. The largest absolute Gasteiger partial charge is 0.497 e. The summed E-state index contributed by atoms with van der Waals surface area (Å²) in [4.78, 5) is 0. The zero-order valence-electron chi connectivity index (χ0n) is 12.0. The maximum Gasteiger partial charge on any atom is 0.193 e. The van der Waals surface area contributed by atoms with Crippen LogP contribution in [0.5, 0.6) is 5.75 Å². The molecule has 21 heavy (non-hydrogen) atoms. The summed E-state index contributed by atoms with van der Waals surface area (Å²) in [5.74, 6) is 1.55. The highest BCUT2D eigenvalue weighted by atomic mass is 32.2. The first-order valence-corrected chi connectivity index (χ1v) is 7.32. The van der Waals surface area contributed by atoms with Crippen LogP contribution < -0.4 is 4.74 Å². The first kappa shape index (κ1) is 15.1. The minimum Gasteiger partial charge on any atom is -0.497 e. The minimum atomic E-state index is -0.179. The molecule has 2 rings (SSSR count). The van der Waals surface area contributed by atoms with Crippen molar-refractivity contribution in [2.75, 3.05) is 7.11 Å². The molecule has 0 aliphatic carbocycles. The van der Waals surface area contributed by atoms with Gasteiger partial charge in [-0.25, -0.2) is 0 Å². The maximum atomic E-state index is 8.94. The predicted molar refractivity (Wildman–Crippen MR) is 83.1 cm³/mol. The quantitative estimate of drug-likeness (QED) is 0.605. The van der Waals surface area contributed by atoms with Crippen LogP contribution in [0.25, 0.3) is 11.4 Å². The third kappa shape index (κ3) is 3.44. The van der Waals surface area contributed by atoms with Crippen LogP contribution in [0.3, 0.4) is 0 Å². The molecule has 0 aliphatic rings. The van der Waals surface area contributed by atoms with Crippen molar-refractivity contribution >= 4 is 11.8 Å². The van der Waals surface area contributed by atoms with Crippen molar-refractivity contribution in [3.8, 4) is 23.2 Å². The lowest BCUT2D eigenvalue weighted by molar-refractivity contribution is 0.415. The monoisotopic (exact) mass is 300 g/mol. The average molecular weight is 300 g/mol. The number of aromatic nitrogens is 3. The molecule has 0 spiro atoms. The Morgan fingerprint density at radius 2 is 2.14 bits per heavy atom. The maximum absolute atomic E-state index is 8.94. The lowest BCUT2D eigenvalue weighted by atomic mass is 10.2. The van der Waals surface area contributed by atoms with E-state index in [0.29, 0.717) is 6.54 Å². The molecule has 0 amide bonds. The smallest absolute Gasteiger partial charge is 0.193 e. The van der Waals surface area contributed by atoms with Gasteiger partial charge in [-0.1, -0.05) is 17.8 Å². The second-order valence-corrected chi connectivity index (χ2v) is 5.63. The number of methoxy groups -OCH3 is 1. The van der Waals surface area contributed by atoms with Crippen LogP contribution in [0.4, 0.5) is 0 Å². The molecule has 1 aromatic heterocycles. The molecule has 1 heterocycles. The summed E-state index contributed by atoms with van der Waals surface area (Å²) in [6.07, 6.45) is 1.79. The highest BCUT2D eigenvalue weighted by Gasteiger charge is 2.15. The van der Waals surface area contributed by atoms with Crippen molar-refractivity contribution in [3.63, 3.8) is 0 Å². The fraction of sp³-hybridized carbons (Fsp3) is 0.267. The van der Waals surface area contributed by atoms with E-state index in [-0.39, 0.29) is 5.25 Å². The summed E-state index contributed by atoms with van der Waals surface area (Å²) in [7, 11) is 1.63. The molecule has 2 aromatic rings. The molecule has 1 atom stereocenters. The molecular weight excluding hydrogens is 284 g/mol. The molecule has 0 unspecified atom stereocenters. The minimum absolute atomic E-state index is 0.179. The molecule has 0 radical (unpaired) electrons. The SMILES string of the molecule is C=CCn1c(S[C@H](C)C#N)nnc1-c1ccc(OC)cc1. The van der Waals surface area contributed by atoms with Gasteiger partial charge in [0.2, 0.25) is 0 Å². The van der Waals surface area contributed by atoms with Gasteiger partial charge in [0, 0.05) is 12.1 Å². The van der Waals surface area contributed by atoms with Crippen LogP contribution in [-0.2, 0) is 6.54 Å². The first-order valence-electron chi connectivity index (χ1n) is 6.44. The second-order valence-electron chi connectivity index (χ2n) is 4.32. The van der Waals surface area contributed by atoms with Gasteiger partial charge in [0.15, 0.2) is 11.0 Å². The van der Waals surface area contributed by atoms with Crippen LogP contribution in [-0.4, -0.2) is 27.1 Å². The standard InChI is InChI=1S/C15H16N4OS/c1-4-9-19-14(12-5-7-13(20-3)8-6-12)17-18-15(19)21-11(2)10-16/h4-8,11H,1,9H2,2-3H3/t11-/m1/s1. The van der Waals surface area contributed by atoms with E-state index >= 15 is 0 Å². The number of allylic oxidation sites excluding steroid dienone is 1. The Morgan fingerprint density at radius 1 is 1.43 bits per heavy atom. The van der Waals surface area contributed by atoms with Crippen molar-refractivity contribution in [1.29, 1.82) is 5.26 Å². The summed E-state index contributed by atoms with van der Waals surface area (Å²) in [5.41, 5.74) is 0.946. The second kappa shape index (κ2) is 6.95. The molecule has 1 aromatic carbocycles. The molecular formula is C15H16N4OS. The molecule has 0 bridgehead atoms. The van der Waals surface area contributed by atoms with Gasteiger partial charge in [-0.3, -0.25) is 4.57 Å². The van der Waals surface area contributed by atoms with Gasteiger partial charge in [-0.15, -0.1) is 16.8 Å². The summed E-state index contributed by atoms with van der Waals surface area (Å²) >= 11 is 1.39. The number of nitrogens with zero attached hydrogens (tertiary/aromatic N) is 4. The number of rotatable bonds is 6. The first-order chi connectivity index (χ1) is 10.2. The fourth-order valence-corrected chi connectivity index (χ4v) is 2.55. The highest BCUT2D eigenvalue weighted by molar-refractivity contribution is 8.00. The molecule has 6 heteroatoms. The van der Waals surface area contributed by atoms with Gasteiger partial charge in [-0.05, 0) is 31.2 Å². The van der Waals surface area contributed by atoms with Crippen LogP contribution in [0.2, 0.25) is 0 Å². The van der Waals surface area contributed by atoms with Crippen molar-refractivity contribution in [3.05, 3.63) is 36.9 Å². The number of nitriles is 1. The van der Waals surface area contributed by atoms with Gasteiger partial charge >= 0.3 is 0 Å². The summed E-state index contributed by atoms with van der Waals surface area (Å²) in [6.45, 7) is 6.20. The van der Waals surface area contributed by atoms with E-state index in [1.165, 1.54) is 11.8 Å². The molecule has 0 saturated carbocycles. The third-order valence-corrected chi connectivity index (χ3v) is 3.81.